The highest BCUT2D eigenvalue weighted by molar-refractivity contribution is 6.18. The maximum Gasteiger partial charge on any atom is 0.338 e. The third-order valence-corrected chi connectivity index (χ3v) is 3.17. The van der Waals surface area contributed by atoms with Gasteiger partial charge in [-0.2, -0.15) is 0 Å². The molecule has 0 bridgehead atoms. The zero-order chi connectivity index (χ0) is 12.4. The van der Waals surface area contributed by atoms with Gasteiger partial charge in [0.1, 0.15) is 5.75 Å². The second-order valence-electron chi connectivity index (χ2n) is 4.17. The van der Waals surface area contributed by atoms with Crippen LogP contribution in [0.2, 0.25) is 0 Å². The number of esters is 1. The zero-order valence-corrected chi connectivity index (χ0v) is 10.4. The fourth-order valence-corrected chi connectivity index (χ4v) is 2.20. The number of hydrogen-bond acceptors (Lipinski definition) is 3. The largest absolute Gasteiger partial charge is 0.497 e. The quantitative estimate of drug-likeness (QED) is 0.735. The Morgan fingerprint density at radius 2 is 2.00 bits per heavy atom. The number of hydrogen-bond donors (Lipinski definition) is 0. The van der Waals surface area contributed by atoms with Crippen LogP contribution in [0.25, 0.3) is 5.57 Å². The van der Waals surface area contributed by atoms with Crippen LogP contribution in [0.4, 0.5) is 0 Å². The van der Waals surface area contributed by atoms with Gasteiger partial charge in [0.25, 0.3) is 0 Å². The Kier molecular flexibility index (Phi) is 3.18. The molecule has 0 fully saturated rings. The van der Waals surface area contributed by atoms with Crippen LogP contribution >= 0.6 is 0 Å². The van der Waals surface area contributed by atoms with E-state index in [4.69, 9.17) is 9.47 Å². The molecule has 17 heavy (non-hydrogen) atoms. The van der Waals surface area contributed by atoms with Crippen LogP contribution in [0.3, 0.4) is 0 Å². The number of aryl methyl sites for hydroxylation is 1. The van der Waals surface area contributed by atoms with E-state index < -0.39 is 0 Å². The number of methoxy groups -OCH3 is 2. The van der Waals surface area contributed by atoms with Crippen LogP contribution in [0.1, 0.15) is 24.5 Å². The smallest absolute Gasteiger partial charge is 0.338 e. The number of rotatable bonds is 2. The fourth-order valence-electron chi connectivity index (χ4n) is 2.20. The van der Waals surface area contributed by atoms with Gasteiger partial charge in [-0.15, -0.1) is 0 Å². The monoisotopic (exact) mass is 232 g/mol. The van der Waals surface area contributed by atoms with Crippen molar-refractivity contribution >= 4 is 11.5 Å². The minimum Gasteiger partial charge on any atom is -0.497 e. The summed E-state index contributed by atoms with van der Waals surface area (Å²) in [6.45, 7) is 1.98. The van der Waals surface area contributed by atoms with Gasteiger partial charge in [-0.05, 0) is 43.0 Å². The lowest BCUT2D eigenvalue weighted by Crippen LogP contribution is -2.12. The van der Waals surface area contributed by atoms with Crippen molar-refractivity contribution in [3.8, 4) is 5.75 Å². The summed E-state index contributed by atoms with van der Waals surface area (Å²) < 4.78 is 10.1. The van der Waals surface area contributed by atoms with Gasteiger partial charge in [-0.3, -0.25) is 0 Å². The van der Waals surface area contributed by atoms with Crippen molar-refractivity contribution in [2.24, 2.45) is 0 Å². The van der Waals surface area contributed by atoms with Crippen LogP contribution < -0.4 is 4.74 Å². The topological polar surface area (TPSA) is 35.5 Å². The molecule has 0 atom stereocenters. The van der Waals surface area contributed by atoms with Crippen LogP contribution in [0.15, 0.2) is 23.8 Å². The first kappa shape index (κ1) is 11.7. The lowest BCUT2D eigenvalue weighted by molar-refractivity contribution is -0.133. The van der Waals surface area contributed by atoms with E-state index in [1.807, 2.05) is 25.1 Å². The molecule has 1 aromatic rings. The third kappa shape index (κ3) is 2.05. The van der Waals surface area contributed by atoms with Gasteiger partial charge in [-0.25, -0.2) is 4.79 Å². The Morgan fingerprint density at radius 3 is 2.65 bits per heavy atom. The van der Waals surface area contributed by atoms with E-state index in [1.165, 1.54) is 12.7 Å². The Hall–Kier alpha value is -1.77. The van der Waals surface area contributed by atoms with Gasteiger partial charge >= 0.3 is 5.97 Å². The molecule has 0 unspecified atom stereocenters. The molecule has 0 heterocycles. The summed E-state index contributed by atoms with van der Waals surface area (Å²) in [7, 11) is 3.04. The lowest BCUT2D eigenvalue weighted by atomic mass is 9.86. The summed E-state index contributed by atoms with van der Waals surface area (Å²) >= 11 is 0. The highest BCUT2D eigenvalue weighted by Gasteiger charge is 2.23. The van der Waals surface area contributed by atoms with Crippen molar-refractivity contribution in [1.82, 2.24) is 0 Å². The standard InChI is InChI=1S/C14H16O3/c1-9-4-5-10-6-7-11(16-2)8-12(10)13(9)14(15)17-3/h6-8H,4-5H2,1-3H3. The summed E-state index contributed by atoms with van der Waals surface area (Å²) in [5.74, 6) is 0.497. The molecule has 0 aliphatic heterocycles. The number of fused-ring (bicyclic) bond motifs is 1. The average molecular weight is 232 g/mol. The first-order chi connectivity index (χ1) is 8.17. The van der Waals surface area contributed by atoms with Crippen molar-refractivity contribution in [2.75, 3.05) is 14.2 Å². The van der Waals surface area contributed by atoms with Crippen LogP contribution in [-0.4, -0.2) is 20.2 Å². The van der Waals surface area contributed by atoms with E-state index in [9.17, 15) is 4.79 Å². The number of allylic oxidation sites excluding steroid dienone is 1. The second kappa shape index (κ2) is 4.62. The molecule has 0 saturated carbocycles. The molecule has 0 amide bonds. The molecule has 1 aliphatic rings. The predicted molar refractivity (Wildman–Crippen MR) is 65.9 cm³/mol. The number of carbonyl (C=O) groups is 1. The predicted octanol–water partition coefficient (Wildman–Crippen LogP) is 2.59. The highest BCUT2D eigenvalue weighted by atomic mass is 16.5. The average Bonchev–Trinajstić information content (AvgIpc) is 2.37. The Bertz CT molecular complexity index is 486. The van der Waals surface area contributed by atoms with Crippen LogP contribution in [0.5, 0.6) is 5.75 Å². The van der Waals surface area contributed by atoms with Gasteiger partial charge in [-0.1, -0.05) is 11.6 Å². The van der Waals surface area contributed by atoms with E-state index >= 15 is 0 Å². The molecular formula is C14H16O3. The van der Waals surface area contributed by atoms with Gasteiger partial charge in [0.05, 0.1) is 19.8 Å². The van der Waals surface area contributed by atoms with Crippen LogP contribution in [-0.2, 0) is 16.0 Å². The van der Waals surface area contributed by atoms with Gasteiger partial charge in [0, 0.05) is 0 Å². The summed E-state index contributed by atoms with van der Waals surface area (Å²) in [4.78, 5) is 11.8. The summed E-state index contributed by atoms with van der Waals surface area (Å²) in [6.07, 6.45) is 1.87. The summed E-state index contributed by atoms with van der Waals surface area (Å²) in [5, 5.41) is 0. The number of ether oxygens (including phenoxy) is 2. The molecule has 90 valence electrons. The van der Waals surface area contributed by atoms with E-state index in [0.29, 0.717) is 5.57 Å². The maximum absolute atomic E-state index is 11.8. The molecule has 2 rings (SSSR count). The van der Waals surface area contributed by atoms with Gasteiger partial charge in [0.15, 0.2) is 0 Å². The normalized spacial score (nSPS) is 14.3. The summed E-state index contributed by atoms with van der Waals surface area (Å²) in [5.41, 5.74) is 3.89. The maximum atomic E-state index is 11.8. The van der Waals surface area contributed by atoms with E-state index in [2.05, 4.69) is 0 Å². The van der Waals surface area contributed by atoms with Crippen molar-refractivity contribution in [1.29, 1.82) is 0 Å². The number of benzene rings is 1. The Morgan fingerprint density at radius 1 is 1.24 bits per heavy atom. The minimum atomic E-state index is -0.267. The molecule has 3 nitrogen and oxygen atoms in total. The number of carbonyl (C=O) groups excluding carboxylic acids is 1. The van der Waals surface area contributed by atoms with E-state index in [1.54, 1.807) is 7.11 Å². The van der Waals surface area contributed by atoms with Crippen molar-refractivity contribution < 1.29 is 14.3 Å². The molecule has 3 heteroatoms. The van der Waals surface area contributed by atoms with E-state index in [0.717, 1.165) is 29.7 Å². The Balaban J connectivity index is 2.56. The van der Waals surface area contributed by atoms with Crippen molar-refractivity contribution in [3.63, 3.8) is 0 Å². The molecule has 0 N–H and O–H groups in total. The van der Waals surface area contributed by atoms with Crippen molar-refractivity contribution in [2.45, 2.75) is 19.8 Å². The zero-order valence-electron chi connectivity index (χ0n) is 10.4. The van der Waals surface area contributed by atoms with E-state index in [-0.39, 0.29) is 5.97 Å². The highest BCUT2D eigenvalue weighted by Crippen LogP contribution is 2.34. The Labute approximate surface area is 101 Å². The first-order valence-electron chi connectivity index (χ1n) is 5.62. The molecule has 1 aliphatic carbocycles. The third-order valence-electron chi connectivity index (χ3n) is 3.17. The molecular weight excluding hydrogens is 216 g/mol. The first-order valence-corrected chi connectivity index (χ1v) is 5.62. The van der Waals surface area contributed by atoms with Gasteiger partial charge in [0.2, 0.25) is 0 Å². The fraction of sp³-hybridized carbons (Fsp3) is 0.357. The minimum absolute atomic E-state index is 0.267. The van der Waals surface area contributed by atoms with Crippen molar-refractivity contribution in [3.05, 3.63) is 34.9 Å². The SMILES string of the molecule is COC(=O)C1=C(C)CCc2ccc(OC)cc21. The van der Waals surface area contributed by atoms with Gasteiger partial charge < -0.3 is 9.47 Å². The molecule has 1 aromatic carbocycles. The van der Waals surface area contributed by atoms with Crippen LogP contribution in [0, 0.1) is 0 Å². The summed E-state index contributed by atoms with van der Waals surface area (Å²) in [6, 6.07) is 5.85. The second-order valence-corrected chi connectivity index (χ2v) is 4.17. The molecule has 0 saturated heterocycles. The molecule has 0 aromatic heterocycles. The molecule has 0 radical (unpaired) electrons. The molecule has 0 spiro atoms. The lowest BCUT2D eigenvalue weighted by Gasteiger charge is -2.20.